The Labute approximate surface area is 169 Å². The fourth-order valence-electron chi connectivity index (χ4n) is 3.09. The van der Waals surface area contributed by atoms with Crippen LogP contribution in [-0.2, 0) is 14.8 Å². The third-order valence-electron chi connectivity index (χ3n) is 4.67. The summed E-state index contributed by atoms with van der Waals surface area (Å²) in [6, 6.07) is 11.1. The summed E-state index contributed by atoms with van der Waals surface area (Å²) in [5.41, 5.74) is 0.459. The van der Waals surface area contributed by atoms with Gasteiger partial charge in [0.25, 0.3) is 0 Å². The molecule has 0 aromatic heterocycles. The van der Waals surface area contributed by atoms with Crippen LogP contribution in [0.3, 0.4) is 0 Å². The minimum atomic E-state index is -3.56. The van der Waals surface area contributed by atoms with Crippen molar-refractivity contribution in [2.45, 2.75) is 4.90 Å². The van der Waals surface area contributed by atoms with Crippen molar-refractivity contribution < 1.29 is 32.2 Å². The fraction of sp³-hybridized carbons (Fsp3) is 0.350. The number of ether oxygens (including phenoxy) is 4. The minimum absolute atomic E-state index is 0.171. The predicted octanol–water partition coefficient (Wildman–Crippen LogP) is 1.74. The van der Waals surface area contributed by atoms with Gasteiger partial charge < -0.3 is 18.9 Å². The molecule has 0 atom stereocenters. The molecule has 154 valence electrons. The molecule has 29 heavy (non-hydrogen) atoms. The monoisotopic (exact) mass is 419 g/mol. The zero-order valence-corrected chi connectivity index (χ0v) is 16.5. The van der Waals surface area contributed by atoms with Crippen LogP contribution >= 0.6 is 0 Å². The number of nitrogens with zero attached hydrogens (tertiary/aromatic N) is 1. The van der Waals surface area contributed by atoms with E-state index in [0.717, 1.165) is 0 Å². The molecule has 0 spiro atoms. The Morgan fingerprint density at radius 3 is 2.34 bits per heavy atom. The molecule has 2 aromatic rings. The number of rotatable bonds is 6. The van der Waals surface area contributed by atoms with Crippen molar-refractivity contribution in [1.29, 1.82) is 0 Å². The number of ketones is 1. The van der Waals surface area contributed by atoms with E-state index in [-0.39, 0.29) is 17.3 Å². The second-order valence-corrected chi connectivity index (χ2v) is 8.50. The summed E-state index contributed by atoms with van der Waals surface area (Å²) in [4.78, 5) is 12.6. The highest BCUT2D eigenvalue weighted by Gasteiger charge is 2.26. The van der Waals surface area contributed by atoms with Gasteiger partial charge in [0.1, 0.15) is 19.0 Å². The fourth-order valence-corrected chi connectivity index (χ4v) is 4.50. The molecule has 1 fully saturated rings. The SMILES string of the molecule is O=C(COc1ccc(S(=O)(=O)N2CCOCC2)cc1)c1ccc2c(c1)OCCO2. The largest absolute Gasteiger partial charge is 0.486 e. The van der Waals surface area contributed by atoms with Crippen molar-refractivity contribution in [2.24, 2.45) is 0 Å². The first kappa shape index (κ1) is 19.7. The number of hydrogen-bond donors (Lipinski definition) is 0. The molecular formula is C20H21NO7S. The first-order valence-electron chi connectivity index (χ1n) is 9.28. The van der Waals surface area contributed by atoms with Gasteiger partial charge in [-0.3, -0.25) is 4.79 Å². The van der Waals surface area contributed by atoms with Crippen LogP contribution in [0.25, 0.3) is 0 Å². The Kier molecular flexibility index (Phi) is 5.70. The van der Waals surface area contributed by atoms with Crippen LogP contribution < -0.4 is 14.2 Å². The summed E-state index contributed by atoms with van der Waals surface area (Å²) in [6.07, 6.45) is 0. The number of hydrogen-bond acceptors (Lipinski definition) is 7. The van der Waals surface area contributed by atoms with E-state index in [2.05, 4.69) is 0 Å². The highest BCUT2D eigenvalue weighted by molar-refractivity contribution is 7.89. The molecule has 0 radical (unpaired) electrons. The Bertz CT molecular complexity index is 982. The highest BCUT2D eigenvalue weighted by atomic mass is 32.2. The van der Waals surface area contributed by atoms with Crippen LogP contribution in [0.2, 0.25) is 0 Å². The molecule has 0 amide bonds. The van der Waals surface area contributed by atoms with Gasteiger partial charge in [0.2, 0.25) is 10.0 Å². The summed E-state index contributed by atoms with van der Waals surface area (Å²) < 4.78 is 48.3. The maximum atomic E-state index is 12.6. The molecule has 9 heteroatoms. The van der Waals surface area contributed by atoms with Gasteiger partial charge in [-0.05, 0) is 42.5 Å². The quantitative estimate of drug-likeness (QED) is 0.659. The van der Waals surface area contributed by atoms with Gasteiger partial charge in [-0.1, -0.05) is 0 Å². The van der Waals surface area contributed by atoms with E-state index in [9.17, 15) is 13.2 Å². The van der Waals surface area contributed by atoms with E-state index in [0.29, 0.717) is 62.3 Å². The molecule has 0 saturated carbocycles. The highest BCUT2D eigenvalue weighted by Crippen LogP contribution is 2.31. The summed E-state index contributed by atoms with van der Waals surface area (Å²) in [7, 11) is -3.56. The molecule has 2 heterocycles. The molecular weight excluding hydrogens is 398 g/mol. The Hall–Kier alpha value is -2.62. The zero-order valence-electron chi connectivity index (χ0n) is 15.7. The number of morpholine rings is 1. The Morgan fingerprint density at radius 1 is 0.931 bits per heavy atom. The molecule has 0 N–H and O–H groups in total. The second kappa shape index (κ2) is 8.40. The molecule has 1 saturated heterocycles. The standard InChI is InChI=1S/C20H21NO7S/c22-18(15-1-6-19-20(13-15)27-12-11-26-19)14-28-16-2-4-17(5-3-16)29(23,24)21-7-9-25-10-8-21/h1-6,13H,7-12,14H2. The lowest BCUT2D eigenvalue weighted by molar-refractivity contribution is 0.0730. The van der Waals surface area contributed by atoms with Crippen LogP contribution in [0.4, 0.5) is 0 Å². The lowest BCUT2D eigenvalue weighted by atomic mass is 10.1. The number of Topliss-reactive ketones (excluding diaryl/α,β-unsaturated/α-hetero) is 1. The molecule has 0 bridgehead atoms. The number of carbonyl (C=O) groups excluding carboxylic acids is 1. The van der Waals surface area contributed by atoms with Gasteiger partial charge in [-0.15, -0.1) is 0 Å². The van der Waals surface area contributed by atoms with E-state index >= 15 is 0 Å². The van der Waals surface area contributed by atoms with Gasteiger partial charge in [0.15, 0.2) is 23.9 Å². The Morgan fingerprint density at radius 2 is 1.62 bits per heavy atom. The third kappa shape index (κ3) is 4.36. The molecule has 4 rings (SSSR count). The van der Waals surface area contributed by atoms with Crippen molar-refractivity contribution >= 4 is 15.8 Å². The molecule has 0 aliphatic carbocycles. The van der Waals surface area contributed by atoms with Crippen LogP contribution in [0.1, 0.15) is 10.4 Å². The molecule has 2 aliphatic heterocycles. The maximum absolute atomic E-state index is 12.6. The van der Waals surface area contributed by atoms with Crippen molar-refractivity contribution in [3.05, 3.63) is 48.0 Å². The van der Waals surface area contributed by atoms with Gasteiger partial charge >= 0.3 is 0 Å². The molecule has 2 aliphatic rings. The van der Waals surface area contributed by atoms with Crippen molar-refractivity contribution in [1.82, 2.24) is 4.31 Å². The van der Waals surface area contributed by atoms with E-state index in [1.54, 1.807) is 30.3 Å². The topological polar surface area (TPSA) is 91.4 Å². The van der Waals surface area contributed by atoms with E-state index < -0.39 is 10.0 Å². The van der Waals surface area contributed by atoms with Crippen LogP contribution in [0, 0.1) is 0 Å². The average molecular weight is 419 g/mol. The van der Waals surface area contributed by atoms with Gasteiger partial charge in [0, 0.05) is 18.7 Å². The first-order valence-corrected chi connectivity index (χ1v) is 10.7. The summed E-state index contributed by atoms with van der Waals surface area (Å²) in [5.74, 6) is 1.36. The van der Waals surface area contributed by atoms with E-state index in [4.69, 9.17) is 18.9 Å². The first-order chi connectivity index (χ1) is 14.0. The molecule has 2 aromatic carbocycles. The van der Waals surface area contributed by atoms with Crippen LogP contribution in [0.5, 0.6) is 17.2 Å². The normalized spacial score (nSPS) is 17.0. The smallest absolute Gasteiger partial charge is 0.243 e. The summed E-state index contributed by atoms with van der Waals surface area (Å²) in [5, 5.41) is 0. The van der Waals surface area contributed by atoms with Crippen molar-refractivity contribution in [2.75, 3.05) is 46.1 Å². The van der Waals surface area contributed by atoms with Crippen molar-refractivity contribution in [3.8, 4) is 17.2 Å². The molecule has 8 nitrogen and oxygen atoms in total. The number of carbonyl (C=O) groups is 1. The maximum Gasteiger partial charge on any atom is 0.243 e. The van der Waals surface area contributed by atoms with Gasteiger partial charge in [0.05, 0.1) is 18.1 Å². The van der Waals surface area contributed by atoms with Gasteiger partial charge in [-0.2, -0.15) is 4.31 Å². The Balaban J connectivity index is 1.38. The van der Waals surface area contributed by atoms with Crippen LogP contribution in [-0.4, -0.2) is 64.6 Å². The van der Waals surface area contributed by atoms with E-state index in [1.807, 2.05) is 0 Å². The second-order valence-electron chi connectivity index (χ2n) is 6.56. The summed E-state index contributed by atoms with van der Waals surface area (Å²) >= 11 is 0. The average Bonchev–Trinajstić information content (AvgIpc) is 2.78. The van der Waals surface area contributed by atoms with Gasteiger partial charge in [-0.25, -0.2) is 8.42 Å². The van der Waals surface area contributed by atoms with Crippen LogP contribution in [0.15, 0.2) is 47.4 Å². The van der Waals surface area contributed by atoms with Crippen molar-refractivity contribution in [3.63, 3.8) is 0 Å². The third-order valence-corrected chi connectivity index (χ3v) is 6.58. The zero-order chi connectivity index (χ0) is 20.3. The number of fused-ring (bicyclic) bond motifs is 1. The van der Waals surface area contributed by atoms with E-state index in [1.165, 1.54) is 16.4 Å². The predicted molar refractivity (Wildman–Crippen MR) is 103 cm³/mol. The summed E-state index contributed by atoms with van der Waals surface area (Å²) in [6.45, 7) is 2.22. The molecule has 0 unspecified atom stereocenters. The minimum Gasteiger partial charge on any atom is -0.486 e. The number of sulfonamides is 1. The lowest BCUT2D eigenvalue weighted by Gasteiger charge is -2.26. The lowest BCUT2D eigenvalue weighted by Crippen LogP contribution is -2.40. The number of benzene rings is 2.